The maximum Gasteiger partial charge on any atom is 0.189 e. The molecular weight excluding hydrogens is 462 g/mol. The van der Waals surface area contributed by atoms with Crippen LogP contribution < -0.4 is 21.4 Å². The Labute approximate surface area is 201 Å². The molecule has 4 aromatic rings. The van der Waals surface area contributed by atoms with Crippen molar-refractivity contribution in [2.24, 2.45) is 4.99 Å². The summed E-state index contributed by atoms with van der Waals surface area (Å²) in [6.07, 6.45) is 0.751. The first kappa shape index (κ1) is 25.7. The lowest BCUT2D eigenvalue weighted by atomic mass is 9.99. The number of hydrogen-bond donors (Lipinski definition) is 7. The molecule has 0 spiro atoms. The van der Waals surface area contributed by atoms with Gasteiger partial charge < -0.3 is 31.1 Å². The summed E-state index contributed by atoms with van der Waals surface area (Å²) in [5.74, 6) is -0.338. The van der Waals surface area contributed by atoms with Gasteiger partial charge in [-0.05, 0) is 37.2 Å². The molecular formula is C23H30ClN5O5. The van der Waals surface area contributed by atoms with E-state index in [2.05, 4.69) is 20.7 Å². The number of nitrogens with zero attached hydrogens (tertiary/aromatic N) is 2. The maximum atomic E-state index is 12.7. The van der Waals surface area contributed by atoms with E-state index in [1.165, 1.54) is 12.1 Å². The summed E-state index contributed by atoms with van der Waals surface area (Å²) in [5, 5.41) is 51.1. The van der Waals surface area contributed by atoms with E-state index in [1.54, 1.807) is 0 Å². The molecule has 4 rings (SSSR count). The monoisotopic (exact) mass is 491 g/mol. The number of halogens is 1. The Bertz CT molecular complexity index is 1380. The van der Waals surface area contributed by atoms with E-state index in [1.807, 2.05) is 16.8 Å². The molecule has 1 heterocycles. The number of aromatic nitrogens is 2. The molecule has 10 nitrogen and oxygen atoms in total. The van der Waals surface area contributed by atoms with Gasteiger partial charge in [0.1, 0.15) is 11.5 Å². The minimum absolute atomic E-state index is 0. The quantitative estimate of drug-likeness (QED) is 0.118. The largest absolute Gasteiger partial charge is 0.507 e. The summed E-state index contributed by atoms with van der Waals surface area (Å²) in [6.45, 7) is 3.48. The second kappa shape index (κ2) is 11.5. The van der Waals surface area contributed by atoms with Crippen molar-refractivity contribution >= 4 is 45.0 Å². The highest BCUT2D eigenvalue weighted by molar-refractivity contribution is 6.23. The fourth-order valence-corrected chi connectivity index (χ4v) is 4.23. The summed E-state index contributed by atoms with van der Waals surface area (Å²) >= 11 is 0. The summed E-state index contributed by atoms with van der Waals surface area (Å²) in [7, 11) is 0. The fourth-order valence-electron chi connectivity index (χ4n) is 4.23. The van der Waals surface area contributed by atoms with Crippen LogP contribution in [0.2, 0.25) is 0 Å². The van der Waals surface area contributed by atoms with Crippen LogP contribution in [0.15, 0.2) is 34.1 Å². The van der Waals surface area contributed by atoms with E-state index < -0.39 is 0 Å². The van der Waals surface area contributed by atoms with Gasteiger partial charge in [0.05, 0.1) is 52.3 Å². The molecule has 184 valence electrons. The van der Waals surface area contributed by atoms with Gasteiger partial charge in [-0.15, -0.1) is 12.4 Å². The Balaban J connectivity index is 0.00000324. The molecule has 0 saturated carbocycles. The van der Waals surface area contributed by atoms with Crippen LogP contribution in [0.5, 0.6) is 11.5 Å². The Morgan fingerprint density at radius 2 is 1.62 bits per heavy atom. The number of aliphatic hydroxyl groups excluding tert-OH is 2. The molecule has 0 aliphatic rings. The van der Waals surface area contributed by atoms with Gasteiger partial charge in [-0.1, -0.05) is 0 Å². The van der Waals surface area contributed by atoms with Crippen molar-refractivity contribution in [2.75, 3.05) is 45.9 Å². The second-order valence-corrected chi connectivity index (χ2v) is 7.86. The average Bonchev–Trinajstić information content (AvgIpc) is 3.18. The number of aromatic amines is 1. The molecule has 34 heavy (non-hydrogen) atoms. The van der Waals surface area contributed by atoms with Crippen LogP contribution in [0.4, 0.5) is 0 Å². The van der Waals surface area contributed by atoms with Gasteiger partial charge in [-0.2, -0.15) is 0 Å². The normalized spacial score (nSPS) is 12.2. The van der Waals surface area contributed by atoms with Gasteiger partial charge in [-0.3, -0.25) is 19.6 Å². The summed E-state index contributed by atoms with van der Waals surface area (Å²) in [4.78, 5) is 17.4. The van der Waals surface area contributed by atoms with Crippen LogP contribution in [-0.4, -0.2) is 76.1 Å². The number of aliphatic hydroxyl groups is 2. The number of phenolic OH excluding ortho intramolecular Hbond substituents is 2. The molecule has 11 heteroatoms. The molecule has 0 bridgehead atoms. The third-order valence-corrected chi connectivity index (χ3v) is 5.70. The standard InChI is InChI=1S/C23H29N5O5.ClH/c29-12-9-24-6-1-7-26-14-2-3-15-19-18(14)23(33)21-17(32)5-4-16(31)20(21)22(19)27-28(15)11-8-25-10-13-30;/h2-5,24-25,27,29-30,32-33H,1,6-13H2;1H. The number of phenols is 2. The summed E-state index contributed by atoms with van der Waals surface area (Å²) < 4.78 is 1.88. The number of hydrogen-bond acceptors (Lipinski definition) is 8. The number of aromatic hydroxyl groups is 2. The smallest absolute Gasteiger partial charge is 0.189 e. The molecule has 0 unspecified atom stereocenters. The first-order chi connectivity index (χ1) is 16.1. The fraction of sp³-hybridized carbons (Fsp3) is 0.391. The molecule has 3 aromatic carbocycles. The third kappa shape index (κ3) is 4.82. The molecule has 0 aliphatic heterocycles. The van der Waals surface area contributed by atoms with E-state index in [-0.39, 0.29) is 53.3 Å². The predicted molar refractivity (Wildman–Crippen MR) is 134 cm³/mol. The summed E-state index contributed by atoms with van der Waals surface area (Å²) in [6, 6.07) is 6.31. The third-order valence-electron chi connectivity index (χ3n) is 5.70. The average molecular weight is 492 g/mol. The SMILES string of the molecule is Cl.O=c1ccc(O)c2c(O)c3c(=NCCCNCCO)ccc4c3c([nH]n4CCNCCO)c12. The number of benzene rings is 3. The van der Waals surface area contributed by atoms with Gasteiger partial charge >= 0.3 is 0 Å². The van der Waals surface area contributed by atoms with Gasteiger partial charge in [0.2, 0.25) is 0 Å². The highest BCUT2D eigenvalue weighted by Gasteiger charge is 2.21. The van der Waals surface area contributed by atoms with E-state index in [0.717, 1.165) is 11.9 Å². The van der Waals surface area contributed by atoms with Gasteiger partial charge in [0.15, 0.2) is 5.43 Å². The van der Waals surface area contributed by atoms with Crippen LogP contribution in [0, 0.1) is 0 Å². The van der Waals surface area contributed by atoms with Gasteiger partial charge in [-0.25, -0.2) is 0 Å². The zero-order valence-electron chi connectivity index (χ0n) is 18.7. The highest BCUT2D eigenvalue weighted by atomic mass is 35.5. The van der Waals surface area contributed by atoms with Gasteiger partial charge in [0, 0.05) is 31.6 Å². The molecule has 0 fully saturated rings. The minimum atomic E-state index is -0.300. The topological polar surface area (TPSA) is 155 Å². The van der Waals surface area contributed by atoms with Crippen molar-refractivity contribution in [3.63, 3.8) is 0 Å². The van der Waals surface area contributed by atoms with Crippen LogP contribution >= 0.6 is 12.4 Å². The van der Waals surface area contributed by atoms with Crippen LogP contribution in [0.25, 0.3) is 32.6 Å². The van der Waals surface area contributed by atoms with Crippen molar-refractivity contribution in [2.45, 2.75) is 13.0 Å². The Morgan fingerprint density at radius 1 is 0.882 bits per heavy atom. The number of H-pyrrole nitrogens is 1. The van der Waals surface area contributed by atoms with Crippen molar-refractivity contribution in [1.29, 1.82) is 0 Å². The number of nitrogens with one attached hydrogen (secondary N) is 3. The molecule has 0 radical (unpaired) electrons. The molecule has 0 saturated heterocycles. The molecule has 7 N–H and O–H groups in total. The maximum absolute atomic E-state index is 12.7. The van der Waals surface area contributed by atoms with Crippen molar-refractivity contribution in [1.82, 2.24) is 20.4 Å². The van der Waals surface area contributed by atoms with Crippen LogP contribution in [0.1, 0.15) is 6.42 Å². The number of rotatable bonds is 11. The molecule has 0 aliphatic carbocycles. The second-order valence-electron chi connectivity index (χ2n) is 7.86. The number of fused-ring (bicyclic) bond motifs is 2. The van der Waals surface area contributed by atoms with E-state index >= 15 is 0 Å². The lowest BCUT2D eigenvalue weighted by molar-refractivity contribution is 0.291. The Kier molecular flexibility index (Phi) is 8.70. The Morgan fingerprint density at radius 3 is 2.35 bits per heavy atom. The van der Waals surface area contributed by atoms with E-state index in [0.29, 0.717) is 60.9 Å². The molecule has 1 aromatic heterocycles. The van der Waals surface area contributed by atoms with Crippen molar-refractivity contribution in [3.05, 3.63) is 39.8 Å². The van der Waals surface area contributed by atoms with Crippen LogP contribution in [0.3, 0.4) is 0 Å². The molecule has 0 atom stereocenters. The zero-order chi connectivity index (χ0) is 23.4. The first-order valence-corrected chi connectivity index (χ1v) is 11.1. The van der Waals surface area contributed by atoms with Crippen molar-refractivity contribution in [3.8, 4) is 11.5 Å². The van der Waals surface area contributed by atoms with Gasteiger partial charge in [0.25, 0.3) is 0 Å². The van der Waals surface area contributed by atoms with E-state index in [4.69, 9.17) is 10.2 Å². The van der Waals surface area contributed by atoms with Crippen molar-refractivity contribution < 1.29 is 20.4 Å². The predicted octanol–water partition coefficient (Wildman–Crippen LogP) is 0.361. The first-order valence-electron chi connectivity index (χ1n) is 11.1. The van der Waals surface area contributed by atoms with E-state index in [9.17, 15) is 15.0 Å². The lowest BCUT2D eigenvalue weighted by Gasteiger charge is -2.09. The lowest BCUT2D eigenvalue weighted by Crippen LogP contribution is -2.23. The minimum Gasteiger partial charge on any atom is -0.507 e. The summed E-state index contributed by atoms with van der Waals surface area (Å²) in [5.41, 5.74) is 1.04. The highest BCUT2D eigenvalue weighted by Crippen LogP contribution is 2.41. The Hall–Kier alpha value is -2.89. The van der Waals surface area contributed by atoms with Crippen LogP contribution in [-0.2, 0) is 6.54 Å². The molecule has 0 amide bonds. The zero-order valence-corrected chi connectivity index (χ0v) is 19.5.